The minimum absolute atomic E-state index is 0.00973. The number of benzene rings is 3. The number of nitrogens with one attached hydrogen (secondary N) is 1. The number of aromatic hydroxyl groups is 1. The second-order valence-electron chi connectivity index (χ2n) is 9.94. The van der Waals surface area contributed by atoms with Crippen molar-refractivity contribution in [3.63, 3.8) is 0 Å². The Bertz CT molecular complexity index is 1300. The third kappa shape index (κ3) is 8.75. The normalized spacial score (nSPS) is 21.9. The van der Waals surface area contributed by atoms with Crippen molar-refractivity contribution in [1.82, 2.24) is 5.32 Å². The number of aliphatic imine (C=N–C) groups is 1. The molecule has 0 aliphatic carbocycles. The van der Waals surface area contributed by atoms with Crippen LogP contribution >= 0.6 is 0 Å². The molecule has 7 N–H and O–H groups in total. The van der Waals surface area contributed by atoms with Gasteiger partial charge in [-0.05, 0) is 34.4 Å². The molecule has 0 saturated carbocycles. The number of hydrogen-bond acceptors (Lipinski definition) is 8. The van der Waals surface area contributed by atoms with E-state index in [1.807, 2.05) is 42.5 Å². The summed E-state index contributed by atoms with van der Waals surface area (Å²) in [7, 11) is 1.44. The summed E-state index contributed by atoms with van der Waals surface area (Å²) in [4.78, 5) is 16.5. The van der Waals surface area contributed by atoms with E-state index in [2.05, 4.69) is 22.4 Å². The van der Waals surface area contributed by atoms with Crippen molar-refractivity contribution >= 4 is 11.9 Å². The van der Waals surface area contributed by atoms with Crippen LogP contribution in [0.3, 0.4) is 0 Å². The number of hydrogen-bond donors (Lipinski definition) is 5. The van der Waals surface area contributed by atoms with Crippen LogP contribution in [0, 0.1) is 0 Å². The Morgan fingerprint density at radius 3 is 2.40 bits per heavy atom. The van der Waals surface area contributed by atoms with Crippen LogP contribution in [-0.2, 0) is 37.0 Å². The number of carbonyl (C=O) groups is 1. The highest BCUT2D eigenvalue weighted by Crippen LogP contribution is 2.26. The standard InChI is InChI=1S/C31H38N4O7/c1-39-29-27(35-26(37)14-15-34-31(32)33)30(41-18-21-6-5-9-24(36)16-21)42-25(28(29)38)19-40-17-20-10-12-23(13-11-20)22-7-3-2-4-8-22/h2-13,16,25,27-30,36,38H,14-15,17-19H2,1H3,(H,35,37)(H4,32,33,34)/t25-,27-,28-,29-,30?/m1/s1. The first-order valence-corrected chi connectivity index (χ1v) is 13.7. The van der Waals surface area contributed by atoms with E-state index >= 15 is 0 Å². The number of guanidine groups is 1. The number of rotatable bonds is 13. The third-order valence-electron chi connectivity index (χ3n) is 6.84. The number of phenols is 1. The average molecular weight is 579 g/mol. The quantitative estimate of drug-likeness (QED) is 0.150. The monoisotopic (exact) mass is 578 g/mol. The number of phenolic OH excluding ortho intramolecular Hbond substituents is 1. The highest BCUT2D eigenvalue weighted by Gasteiger charge is 2.47. The summed E-state index contributed by atoms with van der Waals surface area (Å²) in [6.45, 7) is 0.532. The zero-order valence-electron chi connectivity index (χ0n) is 23.5. The van der Waals surface area contributed by atoms with Gasteiger partial charge in [-0.25, -0.2) is 0 Å². The van der Waals surface area contributed by atoms with Crippen LogP contribution in [0.2, 0.25) is 0 Å². The lowest BCUT2D eigenvalue weighted by atomic mass is 9.96. The minimum Gasteiger partial charge on any atom is -0.508 e. The van der Waals surface area contributed by atoms with Crippen molar-refractivity contribution in [2.75, 3.05) is 20.3 Å². The van der Waals surface area contributed by atoms with E-state index in [4.69, 9.17) is 30.4 Å². The number of nitrogens with zero attached hydrogens (tertiary/aromatic N) is 1. The van der Waals surface area contributed by atoms with E-state index in [9.17, 15) is 15.0 Å². The zero-order chi connectivity index (χ0) is 29.9. The summed E-state index contributed by atoms with van der Waals surface area (Å²) in [5.74, 6) is -0.391. The Balaban J connectivity index is 1.41. The van der Waals surface area contributed by atoms with Crippen molar-refractivity contribution in [1.29, 1.82) is 0 Å². The lowest BCUT2D eigenvalue weighted by molar-refractivity contribution is -0.279. The summed E-state index contributed by atoms with van der Waals surface area (Å²) in [5.41, 5.74) is 14.6. The maximum absolute atomic E-state index is 12.7. The van der Waals surface area contributed by atoms with Gasteiger partial charge < -0.3 is 45.9 Å². The van der Waals surface area contributed by atoms with Crippen LogP contribution in [0.15, 0.2) is 83.9 Å². The van der Waals surface area contributed by atoms with Gasteiger partial charge in [0.2, 0.25) is 5.91 Å². The first-order valence-electron chi connectivity index (χ1n) is 13.7. The molecule has 224 valence electrons. The highest BCUT2D eigenvalue weighted by atomic mass is 16.7. The fourth-order valence-corrected chi connectivity index (χ4v) is 4.72. The molecular weight excluding hydrogens is 540 g/mol. The van der Waals surface area contributed by atoms with Crippen molar-refractivity contribution < 1.29 is 34.0 Å². The lowest BCUT2D eigenvalue weighted by Crippen LogP contribution is -2.65. The largest absolute Gasteiger partial charge is 0.508 e. The minimum atomic E-state index is -1.13. The predicted octanol–water partition coefficient (Wildman–Crippen LogP) is 2.04. The number of carbonyl (C=O) groups excluding carboxylic acids is 1. The maximum atomic E-state index is 12.7. The lowest BCUT2D eigenvalue weighted by Gasteiger charge is -2.44. The molecule has 1 aliphatic heterocycles. The number of methoxy groups -OCH3 is 1. The molecule has 5 atom stereocenters. The fraction of sp³-hybridized carbons (Fsp3) is 0.355. The summed E-state index contributed by atoms with van der Waals surface area (Å²) in [6.07, 6.45) is -3.78. The molecule has 3 aromatic carbocycles. The predicted molar refractivity (Wildman–Crippen MR) is 157 cm³/mol. The highest BCUT2D eigenvalue weighted by molar-refractivity contribution is 5.78. The number of amides is 1. The molecule has 1 heterocycles. The summed E-state index contributed by atoms with van der Waals surface area (Å²) in [5, 5.41) is 23.8. The molecule has 1 fully saturated rings. The van der Waals surface area contributed by atoms with E-state index in [1.54, 1.807) is 24.3 Å². The van der Waals surface area contributed by atoms with Crippen LogP contribution in [0.25, 0.3) is 11.1 Å². The number of aliphatic hydroxyl groups is 1. The van der Waals surface area contributed by atoms with Crippen LogP contribution < -0.4 is 16.8 Å². The molecule has 4 rings (SSSR count). The third-order valence-corrected chi connectivity index (χ3v) is 6.84. The average Bonchev–Trinajstić information content (AvgIpc) is 2.98. The zero-order valence-corrected chi connectivity index (χ0v) is 23.5. The molecule has 42 heavy (non-hydrogen) atoms. The Labute approximate surface area is 245 Å². The second-order valence-corrected chi connectivity index (χ2v) is 9.94. The molecule has 11 nitrogen and oxygen atoms in total. The number of aliphatic hydroxyl groups excluding tert-OH is 1. The Hall–Kier alpha value is -4.00. The molecular formula is C31H38N4O7. The van der Waals surface area contributed by atoms with Crippen LogP contribution in [-0.4, -0.2) is 73.0 Å². The Morgan fingerprint density at radius 1 is 0.976 bits per heavy atom. The molecule has 1 saturated heterocycles. The van der Waals surface area contributed by atoms with Gasteiger partial charge in [0, 0.05) is 13.5 Å². The number of ether oxygens (including phenoxy) is 4. The van der Waals surface area contributed by atoms with Gasteiger partial charge in [0.05, 0.1) is 26.4 Å². The van der Waals surface area contributed by atoms with E-state index in [-0.39, 0.29) is 43.8 Å². The molecule has 1 amide bonds. The van der Waals surface area contributed by atoms with E-state index < -0.39 is 30.6 Å². The van der Waals surface area contributed by atoms with Gasteiger partial charge >= 0.3 is 0 Å². The molecule has 0 radical (unpaired) electrons. The molecule has 11 heteroatoms. The SMILES string of the molecule is CO[C@H]1[C@H](O)[C@@H](COCc2ccc(-c3ccccc3)cc2)OC(OCc2cccc(O)c2)[C@@H]1NC(=O)CCN=C(N)N. The van der Waals surface area contributed by atoms with Gasteiger partial charge in [0.15, 0.2) is 12.2 Å². The summed E-state index contributed by atoms with van der Waals surface area (Å²) in [6, 6.07) is 23.9. The van der Waals surface area contributed by atoms with Gasteiger partial charge in [-0.3, -0.25) is 9.79 Å². The molecule has 3 aromatic rings. The molecule has 0 bridgehead atoms. The summed E-state index contributed by atoms with van der Waals surface area (Å²) < 4.78 is 23.7. The van der Waals surface area contributed by atoms with Crippen molar-refractivity contribution in [2.24, 2.45) is 16.5 Å². The van der Waals surface area contributed by atoms with E-state index in [0.717, 1.165) is 16.7 Å². The van der Waals surface area contributed by atoms with Crippen LogP contribution in [0.4, 0.5) is 0 Å². The molecule has 0 spiro atoms. The van der Waals surface area contributed by atoms with Gasteiger partial charge in [0.25, 0.3) is 0 Å². The summed E-state index contributed by atoms with van der Waals surface area (Å²) >= 11 is 0. The molecule has 1 aliphatic rings. The van der Waals surface area contributed by atoms with E-state index in [1.165, 1.54) is 7.11 Å². The number of nitrogens with two attached hydrogens (primary N) is 2. The molecule has 1 unspecified atom stereocenters. The molecule has 0 aromatic heterocycles. The maximum Gasteiger partial charge on any atom is 0.222 e. The smallest absolute Gasteiger partial charge is 0.222 e. The Morgan fingerprint density at radius 2 is 1.71 bits per heavy atom. The van der Waals surface area contributed by atoms with Crippen molar-refractivity contribution in [2.45, 2.75) is 50.3 Å². The van der Waals surface area contributed by atoms with E-state index in [0.29, 0.717) is 12.2 Å². The van der Waals surface area contributed by atoms with Gasteiger partial charge in [0.1, 0.15) is 30.1 Å². The van der Waals surface area contributed by atoms with Gasteiger partial charge in [-0.1, -0.05) is 66.7 Å². The Kier molecular flexibility index (Phi) is 11.3. The van der Waals surface area contributed by atoms with Gasteiger partial charge in [-0.2, -0.15) is 0 Å². The topological polar surface area (TPSA) is 171 Å². The van der Waals surface area contributed by atoms with Crippen LogP contribution in [0.1, 0.15) is 17.5 Å². The van der Waals surface area contributed by atoms with Crippen molar-refractivity contribution in [3.8, 4) is 16.9 Å². The second kappa shape index (κ2) is 15.3. The fourth-order valence-electron chi connectivity index (χ4n) is 4.72. The van der Waals surface area contributed by atoms with Crippen molar-refractivity contribution in [3.05, 3.63) is 90.0 Å². The van der Waals surface area contributed by atoms with Gasteiger partial charge in [-0.15, -0.1) is 0 Å². The first-order chi connectivity index (χ1) is 20.3. The first kappa shape index (κ1) is 30.9. The van der Waals surface area contributed by atoms with Crippen LogP contribution in [0.5, 0.6) is 5.75 Å².